The molecule has 1 aliphatic carbocycles. The maximum absolute atomic E-state index is 12.7. The average molecular weight is 387 g/mol. The number of esters is 1. The second-order valence-electron chi connectivity index (χ2n) is 7.02. The zero-order valence-corrected chi connectivity index (χ0v) is 15.5. The van der Waals surface area contributed by atoms with Crippen molar-refractivity contribution in [3.8, 4) is 5.69 Å². The van der Waals surface area contributed by atoms with Crippen molar-refractivity contribution in [2.75, 3.05) is 6.73 Å². The molecule has 0 bridgehead atoms. The van der Waals surface area contributed by atoms with E-state index < -0.39 is 24.5 Å². The Balaban J connectivity index is 1.38. The van der Waals surface area contributed by atoms with Gasteiger partial charge in [0.25, 0.3) is 11.8 Å². The van der Waals surface area contributed by atoms with E-state index in [1.165, 1.54) is 0 Å². The zero-order chi connectivity index (χ0) is 20.0. The van der Waals surface area contributed by atoms with Gasteiger partial charge < -0.3 is 4.74 Å². The molecule has 1 aromatic heterocycles. The summed E-state index contributed by atoms with van der Waals surface area (Å²) in [5.74, 6) is -1.55. The summed E-state index contributed by atoms with van der Waals surface area (Å²) in [5.41, 5.74) is 3.65. The van der Waals surface area contributed by atoms with Gasteiger partial charge in [-0.2, -0.15) is 5.10 Å². The van der Waals surface area contributed by atoms with E-state index in [-0.39, 0.29) is 5.69 Å². The lowest BCUT2D eigenvalue weighted by Gasteiger charge is -2.13. The van der Waals surface area contributed by atoms with Crippen molar-refractivity contribution in [2.24, 2.45) is 0 Å². The van der Waals surface area contributed by atoms with Crippen molar-refractivity contribution in [2.45, 2.75) is 19.3 Å². The second kappa shape index (κ2) is 6.70. The normalized spacial score (nSPS) is 14.8. The highest BCUT2D eigenvalue weighted by atomic mass is 16.5. The van der Waals surface area contributed by atoms with Crippen LogP contribution in [0.15, 0.2) is 54.6 Å². The van der Waals surface area contributed by atoms with Crippen LogP contribution >= 0.6 is 0 Å². The van der Waals surface area contributed by atoms with Crippen molar-refractivity contribution < 1.29 is 19.1 Å². The Morgan fingerprint density at radius 3 is 2.28 bits per heavy atom. The molecule has 7 nitrogen and oxygen atoms in total. The number of hydrogen-bond donors (Lipinski definition) is 0. The summed E-state index contributed by atoms with van der Waals surface area (Å²) in [4.78, 5) is 38.5. The van der Waals surface area contributed by atoms with Gasteiger partial charge in [0.15, 0.2) is 12.4 Å². The van der Waals surface area contributed by atoms with Crippen molar-refractivity contribution in [3.63, 3.8) is 0 Å². The number of benzene rings is 2. The van der Waals surface area contributed by atoms with Crippen molar-refractivity contribution in [1.29, 1.82) is 0 Å². The van der Waals surface area contributed by atoms with E-state index in [9.17, 15) is 14.4 Å². The van der Waals surface area contributed by atoms with Crippen molar-refractivity contribution in [1.82, 2.24) is 14.7 Å². The van der Waals surface area contributed by atoms with E-state index in [0.717, 1.165) is 41.1 Å². The fourth-order valence-electron chi connectivity index (χ4n) is 3.93. The second-order valence-corrected chi connectivity index (χ2v) is 7.02. The molecule has 2 aromatic carbocycles. The van der Waals surface area contributed by atoms with E-state index in [0.29, 0.717) is 11.1 Å². The van der Waals surface area contributed by atoms with Gasteiger partial charge >= 0.3 is 5.97 Å². The highest BCUT2D eigenvalue weighted by molar-refractivity contribution is 6.21. The molecule has 0 saturated carbocycles. The summed E-state index contributed by atoms with van der Waals surface area (Å²) in [5, 5.41) is 4.48. The van der Waals surface area contributed by atoms with Crippen molar-refractivity contribution in [3.05, 3.63) is 82.7 Å². The number of amides is 2. The molecule has 0 atom stereocenters. The standard InChI is InChI=1S/C22H17N3O4/c26-20-15-9-4-5-10-16(15)21(27)24(20)13-29-22(28)19-17-11-6-12-18(17)25(23-19)14-7-2-1-3-8-14/h1-5,7-10H,6,11-13H2. The maximum atomic E-state index is 12.7. The summed E-state index contributed by atoms with van der Waals surface area (Å²) >= 11 is 0. The average Bonchev–Trinajstić information content (AvgIpc) is 3.42. The number of carbonyl (C=O) groups is 3. The Hall–Kier alpha value is -3.74. The Kier molecular flexibility index (Phi) is 4.01. The molecule has 7 heteroatoms. The molecule has 2 aliphatic rings. The lowest BCUT2D eigenvalue weighted by Crippen LogP contribution is -2.33. The first-order valence-corrected chi connectivity index (χ1v) is 9.43. The molecule has 0 radical (unpaired) electrons. The molecular weight excluding hydrogens is 370 g/mol. The first-order valence-electron chi connectivity index (χ1n) is 9.43. The summed E-state index contributed by atoms with van der Waals surface area (Å²) in [7, 11) is 0. The Morgan fingerprint density at radius 2 is 1.59 bits per heavy atom. The smallest absolute Gasteiger partial charge is 0.360 e. The molecule has 5 rings (SSSR count). The maximum Gasteiger partial charge on any atom is 0.360 e. The molecular formula is C22H17N3O4. The first kappa shape index (κ1) is 17.4. The van der Waals surface area contributed by atoms with Crippen LogP contribution < -0.4 is 0 Å². The van der Waals surface area contributed by atoms with Crippen LogP contribution in [0.5, 0.6) is 0 Å². The van der Waals surface area contributed by atoms with Crippen LogP contribution in [-0.4, -0.2) is 39.2 Å². The number of rotatable bonds is 4. The minimum absolute atomic E-state index is 0.248. The molecule has 2 amide bonds. The lowest BCUT2D eigenvalue weighted by atomic mass is 10.1. The van der Waals surface area contributed by atoms with Crippen LogP contribution in [-0.2, 0) is 17.6 Å². The predicted octanol–water partition coefficient (Wildman–Crippen LogP) is 2.77. The molecule has 29 heavy (non-hydrogen) atoms. The number of hydrogen-bond acceptors (Lipinski definition) is 5. The van der Waals surface area contributed by atoms with Gasteiger partial charge in [-0.25, -0.2) is 14.4 Å². The van der Waals surface area contributed by atoms with Gasteiger partial charge in [0.05, 0.1) is 16.8 Å². The van der Waals surface area contributed by atoms with Crippen LogP contribution in [0.2, 0.25) is 0 Å². The fourth-order valence-corrected chi connectivity index (χ4v) is 3.93. The van der Waals surface area contributed by atoms with Gasteiger partial charge in [-0.3, -0.25) is 9.59 Å². The number of imide groups is 1. The molecule has 3 aromatic rings. The largest absolute Gasteiger partial charge is 0.439 e. The van der Waals surface area contributed by atoms with Crippen LogP contribution in [0.4, 0.5) is 0 Å². The quantitative estimate of drug-likeness (QED) is 0.508. The first-order chi connectivity index (χ1) is 14.1. The van der Waals surface area contributed by atoms with Crippen molar-refractivity contribution >= 4 is 17.8 Å². The Bertz CT molecular complexity index is 1120. The number of fused-ring (bicyclic) bond motifs is 2. The third-order valence-corrected chi connectivity index (χ3v) is 5.33. The van der Waals surface area contributed by atoms with Crippen LogP contribution in [0, 0.1) is 0 Å². The number of ether oxygens (including phenoxy) is 1. The van der Waals surface area contributed by atoms with Gasteiger partial charge in [0.1, 0.15) is 0 Å². The molecule has 0 spiro atoms. The van der Waals surface area contributed by atoms with E-state index in [1.807, 2.05) is 30.3 Å². The summed E-state index contributed by atoms with van der Waals surface area (Å²) in [6.07, 6.45) is 2.53. The topological polar surface area (TPSA) is 81.5 Å². The third-order valence-electron chi connectivity index (χ3n) is 5.33. The Morgan fingerprint density at radius 1 is 0.931 bits per heavy atom. The highest BCUT2D eigenvalue weighted by Gasteiger charge is 2.36. The SMILES string of the molecule is O=C(OCN1C(=O)c2ccccc2C1=O)c1nn(-c2ccccc2)c2c1CCC2. The molecule has 0 saturated heterocycles. The summed E-state index contributed by atoms with van der Waals surface area (Å²) in [6, 6.07) is 16.2. The fraction of sp³-hybridized carbons (Fsp3) is 0.182. The van der Waals surface area contributed by atoms with Gasteiger partial charge in [0.2, 0.25) is 0 Å². The van der Waals surface area contributed by atoms with E-state index in [4.69, 9.17) is 4.74 Å². The minimum atomic E-state index is -0.630. The van der Waals surface area contributed by atoms with Crippen LogP contribution in [0.3, 0.4) is 0 Å². The lowest BCUT2D eigenvalue weighted by molar-refractivity contribution is 0.0222. The molecule has 144 valence electrons. The summed E-state index contributed by atoms with van der Waals surface area (Å²) < 4.78 is 7.11. The molecule has 0 N–H and O–H groups in total. The molecule has 2 heterocycles. The number of nitrogens with zero attached hydrogens (tertiary/aromatic N) is 3. The predicted molar refractivity (Wildman–Crippen MR) is 103 cm³/mol. The summed E-state index contributed by atoms with van der Waals surface area (Å²) in [6.45, 7) is -0.432. The Labute approximate surface area is 166 Å². The van der Waals surface area contributed by atoms with Gasteiger partial charge in [-0.15, -0.1) is 0 Å². The highest BCUT2D eigenvalue weighted by Crippen LogP contribution is 2.28. The molecule has 0 fully saturated rings. The monoisotopic (exact) mass is 387 g/mol. The van der Waals surface area contributed by atoms with E-state index >= 15 is 0 Å². The molecule has 0 unspecified atom stereocenters. The van der Waals surface area contributed by atoms with Gasteiger partial charge in [0, 0.05) is 11.3 Å². The van der Waals surface area contributed by atoms with Crippen LogP contribution in [0.1, 0.15) is 48.9 Å². The number of aromatic nitrogens is 2. The van der Waals surface area contributed by atoms with Crippen LogP contribution in [0.25, 0.3) is 5.69 Å². The van der Waals surface area contributed by atoms with E-state index in [1.54, 1.807) is 28.9 Å². The number of carbonyl (C=O) groups excluding carboxylic acids is 3. The van der Waals surface area contributed by atoms with E-state index in [2.05, 4.69) is 5.10 Å². The number of para-hydroxylation sites is 1. The third kappa shape index (κ3) is 2.74. The van der Waals surface area contributed by atoms with Gasteiger partial charge in [-0.05, 0) is 43.5 Å². The zero-order valence-electron chi connectivity index (χ0n) is 15.5. The van der Waals surface area contributed by atoms with Gasteiger partial charge in [-0.1, -0.05) is 30.3 Å². The minimum Gasteiger partial charge on any atom is -0.439 e. The molecule has 1 aliphatic heterocycles.